The van der Waals surface area contributed by atoms with Crippen molar-refractivity contribution in [3.8, 4) is 0 Å². The predicted octanol–water partition coefficient (Wildman–Crippen LogP) is 3.46. The van der Waals surface area contributed by atoms with Crippen molar-refractivity contribution in [1.29, 1.82) is 0 Å². The van der Waals surface area contributed by atoms with E-state index in [9.17, 15) is 0 Å². The van der Waals surface area contributed by atoms with E-state index in [2.05, 4.69) is 61.3 Å². The second-order valence-electron chi connectivity index (χ2n) is 6.09. The Morgan fingerprint density at radius 2 is 1.89 bits per heavy atom. The Labute approximate surface area is 118 Å². The molecule has 0 spiro atoms. The number of benzene rings is 1. The van der Waals surface area contributed by atoms with Gasteiger partial charge in [0.05, 0.1) is 0 Å². The van der Waals surface area contributed by atoms with E-state index in [1.54, 1.807) is 0 Å². The lowest BCUT2D eigenvalue weighted by atomic mass is 10.0. The molecule has 0 aliphatic heterocycles. The maximum absolute atomic E-state index is 3.70. The fraction of sp³-hybridized carbons (Fsp3) is 0.647. The SMILES string of the molecule is CCN(CC(C)C)C(CNC1CC1)c1ccccc1. The third kappa shape index (κ3) is 4.63. The molecule has 0 aromatic heterocycles. The Kier molecular flexibility index (Phi) is 5.41. The van der Waals surface area contributed by atoms with Gasteiger partial charge in [0, 0.05) is 25.2 Å². The average Bonchev–Trinajstić information content (AvgIpc) is 3.22. The minimum Gasteiger partial charge on any atom is -0.312 e. The van der Waals surface area contributed by atoms with Crippen LogP contribution in [0.5, 0.6) is 0 Å². The van der Waals surface area contributed by atoms with Crippen LogP contribution in [0.25, 0.3) is 0 Å². The minimum absolute atomic E-state index is 0.509. The summed E-state index contributed by atoms with van der Waals surface area (Å²) in [4.78, 5) is 2.61. The summed E-state index contributed by atoms with van der Waals surface area (Å²) >= 11 is 0. The standard InChI is InChI=1S/C17H28N2/c1-4-19(13-14(2)3)17(12-18-16-10-11-16)15-8-6-5-7-9-15/h5-9,14,16-18H,4,10-13H2,1-3H3. The molecule has 1 fully saturated rings. The van der Waals surface area contributed by atoms with E-state index in [0.717, 1.165) is 19.1 Å². The van der Waals surface area contributed by atoms with Crippen LogP contribution in [0.2, 0.25) is 0 Å². The summed E-state index contributed by atoms with van der Waals surface area (Å²) in [6.07, 6.45) is 2.72. The van der Waals surface area contributed by atoms with Crippen molar-refractivity contribution in [3.05, 3.63) is 35.9 Å². The van der Waals surface area contributed by atoms with Crippen LogP contribution >= 0.6 is 0 Å². The van der Waals surface area contributed by atoms with E-state index >= 15 is 0 Å². The summed E-state index contributed by atoms with van der Waals surface area (Å²) in [7, 11) is 0. The van der Waals surface area contributed by atoms with Gasteiger partial charge in [0.1, 0.15) is 0 Å². The van der Waals surface area contributed by atoms with E-state index in [-0.39, 0.29) is 0 Å². The fourth-order valence-corrected chi connectivity index (χ4v) is 2.64. The molecule has 2 nitrogen and oxygen atoms in total. The molecule has 0 bridgehead atoms. The smallest absolute Gasteiger partial charge is 0.0472 e. The summed E-state index contributed by atoms with van der Waals surface area (Å²) < 4.78 is 0. The third-order valence-electron chi connectivity index (χ3n) is 3.81. The van der Waals surface area contributed by atoms with Crippen LogP contribution in [0.3, 0.4) is 0 Å². The number of likely N-dealkylation sites (N-methyl/N-ethyl adjacent to an activating group) is 1. The number of nitrogens with one attached hydrogen (secondary N) is 1. The van der Waals surface area contributed by atoms with Crippen LogP contribution in [0.1, 0.15) is 45.2 Å². The molecular weight excluding hydrogens is 232 g/mol. The van der Waals surface area contributed by atoms with Crippen LogP contribution in [0.15, 0.2) is 30.3 Å². The lowest BCUT2D eigenvalue weighted by Crippen LogP contribution is -2.38. The van der Waals surface area contributed by atoms with Crippen LogP contribution in [0.4, 0.5) is 0 Å². The number of hydrogen-bond donors (Lipinski definition) is 1. The first kappa shape index (κ1) is 14.5. The van der Waals surface area contributed by atoms with E-state index in [0.29, 0.717) is 12.0 Å². The maximum Gasteiger partial charge on any atom is 0.0472 e. The van der Waals surface area contributed by atoms with E-state index in [1.165, 1.54) is 24.9 Å². The molecule has 1 aliphatic rings. The minimum atomic E-state index is 0.509. The molecule has 0 amide bonds. The van der Waals surface area contributed by atoms with E-state index in [4.69, 9.17) is 0 Å². The molecule has 1 aromatic carbocycles. The monoisotopic (exact) mass is 260 g/mol. The van der Waals surface area contributed by atoms with Crippen LogP contribution in [-0.4, -0.2) is 30.6 Å². The molecule has 2 heteroatoms. The van der Waals surface area contributed by atoms with Crippen molar-refractivity contribution in [3.63, 3.8) is 0 Å². The fourth-order valence-electron chi connectivity index (χ4n) is 2.64. The second kappa shape index (κ2) is 7.06. The first-order valence-corrected chi connectivity index (χ1v) is 7.73. The molecule has 1 atom stereocenters. The summed E-state index contributed by atoms with van der Waals surface area (Å²) in [6, 6.07) is 12.2. The van der Waals surface area contributed by atoms with E-state index < -0.39 is 0 Å². The zero-order valence-corrected chi connectivity index (χ0v) is 12.6. The molecule has 0 heterocycles. The van der Waals surface area contributed by atoms with Crippen molar-refractivity contribution in [2.24, 2.45) is 5.92 Å². The van der Waals surface area contributed by atoms with Gasteiger partial charge in [0.15, 0.2) is 0 Å². The van der Waals surface area contributed by atoms with Crippen molar-refractivity contribution in [1.82, 2.24) is 10.2 Å². The molecule has 1 aromatic rings. The van der Waals surface area contributed by atoms with Crippen molar-refractivity contribution in [2.75, 3.05) is 19.6 Å². The van der Waals surface area contributed by atoms with Gasteiger partial charge >= 0.3 is 0 Å². The Bertz CT molecular complexity index is 357. The highest BCUT2D eigenvalue weighted by Gasteiger charge is 2.25. The Hall–Kier alpha value is -0.860. The molecular formula is C17H28N2. The zero-order valence-electron chi connectivity index (χ0n) is 12.6. The number of hydrogen-bond acceptors (Lipinski definition) is 2. The van der Waals surface area contributed by atoms with Gasteiger partial charge in [-0.2, -0.15) is 0 Å². The van der Waals surface area contributed by atoms with Gasteiger partial charge in [-0.3, -0.25) is 4.90 Å². The summed E-state index contributed by atoms with van der Waals surface area (Å²) in [6.45, 7) is 10.2. The molecule has 19 heavy (non-hydrogen) atoms. The third-order valence-corrected chi connectivity index (χ3v) is 3.81. The molecule has 106 valence electrons. The van der Waals surface area contributed by atoms with Gasteiger partial charge in [-0.15, -0.1) is 0 Å². The van der Waals surface area contributed by atoms with Crippen molar-refractivity contribution in [2.45, 2.75) is 45.7 Å². The van der Waals surface area contributed by atoms with Gasteiger partial charge in [-0.05, 0) is 30.9 Å². The number of rotatable bonds is 8. The predicted molar refractivity (Wildman–Crippen MR) is 82.3 cm³/mol. The van der Waals surface area contributed by atoms with Gasteiger partial charge in [-0.1, -0.05) is 51.1 Å². The lowest BCUT2D eigenvalue weighted by molar-refractivity contribution is 0.180. The normalized spacial score (nSPS) is 17.1. The lowest BCUT2D eigenvalue weighted by Gasteiger charge is -2.32. The maximum atomic E-state index is 3.70. The highest BCUT2D eigenvalue weighted by atomic mass is 15.2. The highest BCUT2D eigenvalue weighted by molar-refractivity contribution is 5.19. The first-order valence-electron chi connectivity index (χ1n) is 7.73. The molecule has 1 saturated carbocycles. The molecule has 1 unspecified atom stereocenters. The van der Waals surface area contributed by atoms with Crippen molar-refractivity contribution >= 4 is 0 Å². The van der Waals surface area contributed by atoms with Gasteiger partial charge in [0.25, 0.3) is 0 Å². The van der Waals surface area contributed by atoms with E-state index in [1.807, 2.05) is 0 Å². The molecule has 1 aliphatic carbocycles. The average molecular weight is 260 g/mol. The summed E-state index contributed by atoms with van der Waals surface area (Å²) in [5, 5.41) is 3.70. The zero-order chi connectivity index (χ0) is 13.7. The van der Waals surface area contributed by atoms with Crippen LogP contribution in [0, 0.1) is 5.92 Å². The largest absolute Gasteiger partial charge is 0.312 e. The summed E-state index contributed by atoms with van der Waals surface area (Å²) in [5.74, 6) is 0.715. The number of nitrogens with zero attached hydrogens (tertiary/aromatic N) is 1. The summed E-state index contributed by atoms with van der Waals surface area (Å²) in [5.41, 5.74) is 1.44. The van der Waals surface area contributed by atoms with Crippen molar-refractivity contribution < 1.29 is 0 Å². The Morgan fingerprint density at radius 3 is 2.42 bits per heavy atom. The van der Waals surface area contributed by atoms with Crippen LogP contribution in [-0.2, 0) is 0 Å². The molecule has 0 radical (unpaired) electrons. The molecule has 1 N–H and O–H groups in total. The molecule has 0 saturated heterocycles. The first-order chi connectivity index (χ1) is 9.20. The second-order valence-corrected chi connectivity index (χ2v) is 6.09. The van der Waals surface area contributed by atoms with Gasteiger partial charge in [-0.25, -0.2) is 0 Å². The van der Waals surface area contributed by atoms with Gasteiger partial charge < -0.3 is 5.32 Å². The molecule has 2 rings (SSSR count). The van der Waals surface area contributed by atoms with Gasteiger partial charge in [0.2, 0.25) is 0 Å². The highest BCUT2D eigenvalue weighted by Crippen LogP contribution is 2.24. The Balaban J connectivity index is 2.06. The Morgan fingerprint density at radius 1 is 1.21 bits per heavy atom. The van der Waals surface area contributed by atoms with Crippen LogP contribution < -0.4 is 5.32 Å². The quantitative estimate of drug-likeness (QED) is 0.770. The topological polar surface area (TPSA) is 15.3 Å².